The van der Waals surface area contributed by atoms with Gasteiger partial charge in [-0.1, -0.05) is 36.4 Å². The summed E-state index contributed by atoms with van der Waals surface area (Å²) in [4.78, 5) is 14.3. The number of halogens is 1. The number of carbonyl (C=O) groups is 1. The molecule has 2 aromatic carbocycles. The zero-order chi connectivity index (χ0) is 19.2. The van der Waals surface area contributed by atoms with Gasteiger partial charge >= 0.3 is 0 Å². The lowest BCUT2D eigenvalue weighted by atomic mass is 9.68. The van der Waals surface area contributed by atoms with E-state index in [4.69, 9.17) is 5.73 Å². The second kappa shape index (κ2) is 6.40. The molecule has 6 heteroatoms. The number of carbonyl (C=O) groups excluding carboxylic acids is 1. The van der Waals surface area contributed by atoms with Gasteiger partial charge in [0.05, 0.1) is 18.2 Å². The maximum absolute atomic E-state index is 12.5. The zero-order valence-corrected chi connectivity index (χ0v) is 16.4. The molecule has 3 atom stereocenters. The molecule has 2 aliphatic rings. The van der Waals surface area contributed by atoms with Crippen molar-refractivity contribution in [2.24, 2.45) is 11.1 Å². The van der Waals surface area contributed by atoms with Crippen molar-refractivity contribution in [2.45, 2.75) is 18.0 Å². The van der Waals surface area contributed by atoms with Crippen molar-refractivity contribution in [3.63, 3.8) is 0 Å². The van der Waals surface area contributed by atoms with Crippen LogP contribution in [0.15, 0.2) is 54.7 Å². The maximum Gasteiger partial charge on any atom is 0.240 e. The molecule has 0 aromatic heterocycles. The lowest BCUT2D eigenvalue weighted by molar-refractivity contribution is -0.122. The molecular weight excluding hydrogens is 451 g/mol. The van der Waals surface area contributed by atoms with Crippen LogP contribution in [0.5, 0.6) is 0 Å². The number of primary amides is 1. The maximum atomic E-state index is 12.5. The SMILES string of the molecule is N#CC1(C#N)[C@H](c2cccc(I)c2)[C@H](C(N)=O)N2C=Cc3ccccc3[C@H]21. The number of rotatable bonds is 2. The van der Waals surface area contributed by atoms with Crippen molar-refractivity contribution < 1.29 is 4.79 Å². The molecule has 0 spiro atoms. The number of amides is 1. The highest BCUT2D eigenvalue weighted by Gasteiger charge is 2.63. The normalized spacial score (nSPS) is 24.4. The lowest BCUT2D eigenvalue weighted by Crippen LogP contribution is -2.41. The number of benzene rings is 2. The zero-order valence-electron chi connectivity index (χ0n) is 14.2. The minimum atomic E-state index is -1.44. The monoisotopic (exact) mass is 466 g/mol. The Morgan fingerprint density at radius 2 is 1.89 bits per heavy atom. The Bertz CT molecular complexity index is 1030. The number of nitrogens with two attached hydrogens (primary N) is 1. The fourth-order valence-electron chi connectivity index (χ4n) is 4.39. The van der Waals surface area contributed by atoms with Gasteiger partial charge in [0.1, 0.15) is 6.04 Å². The molecule has 132 valence electrons. The van der Waals surface area contributed by atoms with E-state index in [1.165, 1.54) is 0 Å². The molecule has 0 saturated carbocycles. The molecule has 0 aliphatic carbocycles. The van der Waals surface area contributed by atoms with Crippen molar-refractivity contribution in [2.75, 3.05) is 0 Å². The van der Waals surface area contributed by atoms with Gasteiger partial charge in [-0.05, 0) is 57.5 Å². The van der Waals surface area contributed by atoms with Crippen molar-refractivity contribution in [3.05, 3.63) is 75.0 Å². The first-order chi connectivity index (χ1) is 13.0. The van der Waals surface area contributed by atoms with E-state index in [1.807, 2.05) is 54.6 Å². The third kappa shape index (κ3) is 2.44. The van der Waals surface area contributed by atoms with Crippen molar-refractivity contribution in [3.8, 4) is 12.1 Å². The number of hydrogen-bond donors (Lipinski definition) is 1. The highest BCUT2D eigenvalue weighted by atomic mass is 127. The first-order valence-electron chi connectivity index (χ1n) is 8.45. The van der Waals surface area contributed by atoms with Gasteiger partial charge in [0.2, 0.25) is 5.91 Å². The fraction of sp³-hybridized carbons (Fsp3) is 0.190. The minimum absolute atomic E-state index is 0.541. The number of nitriles is 2. The summed E-state index contributed by atoms with van der Waals surface area (Å²) in [6, 6.07) is 18.4. The summed E-state index contributed by atoms with van der Waals surface area (Å²) in [6.45, 7) is 0. The predicted octanol–water partition coefficient (Wildman–Crippen LogP) is 3.30. The Morgan fingerprint density at radius 1 is 1.15 bits per heavy atom. The molecular formula is C21H15IN4O. The van der Waals surface area contributed by atoms with E-state index in [9.17, 15) is 15.3 Å². The highest BCUT2D eigenvalue weighted by molar-refractivity contribution is 14.1. The fourth-order valence-corrected chi connectivity index (χ4v) is 4.96. The second-order valence-electron chi connectivity index (χ2n) is 6.77. The highest BCUT2D eigenvalue weighted by Crippen LogP contribution is 2.59. The van der Waals surface area contributed by atoms with Gasteiger partial charge in [-0.2, -0.15) is 10.5 Å². The van der Waals surface area contributed by atoms with E-state index in [-0.39, 0.29) is 0 Å². The number of nitrogens with zero attached hydrogens (tertiary/aromatic N) is 3. The van der Waals surface area contributed by atoms with E-state index < -0.39 is 29.3 Å². The molecule has 5 nitrogen and oxygen atoms in total. The molecule has 4 rings (SSSR count). The first kappa shape index (κ1) is 17.6. The van der Waals surface area contributed by atoms with Crippen LogP contribution >= 0.6 is 22.6 Å². The van der Waals surface area contributed by atoms with E-state index in [1.54, 1.807) is 11.1 Å². The molecule has 27 heavy (non-hydrogen) atoms. The van der Waals surface area contributed by atoms with E-state index in [0.717, 1.165) is 20.3 Å². The molecule has 0 bridgehead atoms. The Balaban J connectivity index is 2.02. The van der Waals surface area contributed by atoms with Crippen LogP contribution in [0.25, 0.3) is 6.08 Å². The van der Waals surface area contributed by atoms with Gasteiger partial charge in [0.15, 0.2) is 5.41 Å². The van der Waals surface area contributed by atoms with Gasteiger partial charge in [-0.15, -0.1) is 0 Å². The average molecular weight is 466 g/mol. The summed E-state index contributed by atoms with van der Waals surface area (Å²) in [7, 11) is 0. The van der Waals surface area contributed by atoms with Crippen LogP contribution < -0.4 is 5.73 Å². The number of hydrogen-bond acceptors (Lipinski definition) is 4. The first-order valence-corrected chi connectivity index (χ1v) is 9.53. The quantitative estimate of drug-likeness (QED) is 0.688. The van der Waals surface area contributed by atoms with Gasteiger partial charge < -0.3 is 10.6 Å². The van der Waals surface area contributed by atoms with E-state index >= 15 is 0 Å². The van der Waals surface area contributed by atoms with Crippen molar-refractivity contribution in [1.82, 2.24) is 4.90 Å². The van der Waals surface area contributed by atoms with Crippen molar-refractivity contribution in [1.29, 1.82) is 10.5 Å². The molecule has 0 radical (unpaired) electrons. The summed E-state index contributed by atoms with van der Waals surface area (Å²) in [5.41, 5.74) is 6.93. The molecule has 1 saturated heterocycles. The van der Waals surface area contributed by atoms with Crippen molar-refractivity contribution >= 4 is 34.6 Å². The largest absolute Gasteiger partial charge is 0.368 e. The van der Waals surface area contributed by atoms with Crippen LogP contribution in [-0.4, -0.2) is 16.8 Å². The standard InChI is InChI=1S/C21H15IN4O/c22-15-6-3-5-14(10-15)17-18(20(25)27)26-9-8-13-4-1-2-7-16(13)19(26)21(17,11-23)12-24/h1-10,17-19H,(H2,25,27)/t17-,18-,19+/m1/s1. The molecule has 0 unspecified atom stereocenters. The summed E-state index contributed by atoms with van der Waals surface area (Å²) >= 11 is 2.18. The Kier molecular flexibility index (Phi) is 4.16. The smallest absolute Gasteiger partial charge is 0.240 e. The lowest BCUT2D eigenvalue weighted by Gasteiger charge is -2.34. The Labute approximate surface area is 170 Å². The van der Waals surface area contributed by atoms with Crippen LogP contribution in [0.2, 0.25) is 0 Å². The van der Waals surface area contributed by atoms with Crippen LogP contribution in [0.4, 0.5) is 0 Å². The van der Waals surface area contributed by atoms with Crippen LogP contribution in [0.3, 0.4) is 0 Å². The van der Waals surface area contributed by atoms with Crippen LogP contribution in [0.1, 0.15) is 28.7 Å². The van der Waals surface area contributed by atoms with Crippen LogP contribution in [-0.2, 0) is 4.79 Å². The van der Waals surface area contributed by atoms with E-state index in [2.05, 4.69) is 34.7 Å². The minimum Gasteiger partial charge on any atom is -0.368 e. The average Bonchev–Trinajstić information content (AvgIpc) is 2.99. The summed E-state index contributed by atoms with van der Waals surface area (Å²) < 4.78 is 0.971. The number of fused-ring (bicyclic) bond motifs is 3. The molecule has 1 fully saturated rings. The van der Waals surface area contributed by atoms with Gasteiger partial charge in [0, 0.05) is 15.7 Å². The predicted molar refractivity (Wildman–Crippen MR) is 109 cm³/mol. The molecule has 1 amide bonds. The topological polar surface area (TPSA) is 93.9 Å². The summed E-state index contributed by atoms with van der Waals surface area (Å²) in [5, 5.41) is 20.4. The molecule has 2 N–H and O–H groups in total. The molecule has 2 aromatic rings. The van der Waals surface area contributed by atoms with E-state index in [0.29, 0.717) is 0 Å². The molecule has 2 aliphatic heterocycles. The van der Waals surface area contributed by atoms with Gasteiger partial charge in [-0.25, -0.2) is 0 Å². The second-order valence-corrected chi connectivity index (χ2v) is 8.01. The van der Waals surface area contributed by atoms with Gasteiger partial charge in [0.25, 0.3) is 0 Å². The molecule has 2 heterocycles. The third-order valence-corrected chi connectivity index (χ3v) is 6.11. The van der Waals surface area contributed by atoms with Crippen LogP contribution in [0, 0.1) is 31.6 Å². The van der Waals surface area contributed by atoms with Gasteiger partial charge in [-0.3, -0.25) is 4.79 Å². The Morgan fingerprint density at radius 3 is 2.56 bits per heavy atom. The third-order valence-electron chi connectivity index (χ3n) is 5.44. The summed E-state index contributed by atoms with van der Waals surface area (Å²) in [6.07, 6.45) is 3.69. The Hall–Kier alpha value is -2.84. The summed E-state index contributed by atoms with van der Waals surface area (Å²) in [5.74, 6) is -1.19.